The summed E-state index contributed by atoms with van der Waals surface area (Å²) in [5.41, 5.74) is 2.17. The molecule has 3 heterocycles. The topological polar surface area (TPSA) is 105 Å². The van der Waals surface area contributed by atoms with Crippen LogP contribution in [0.3, 0.4) is 0 Å². The van der Waals surface area contributed by atoms with Crippen molar-refractivity contribution in [3.05, 3.63) is 72.3 Å². The number of carbonyl (C=O) groups excluding carboxylic acids is 2. The van der Waals surface area contributed by atoms with Gasteiger partial charge in [0.05, 0.1) is 0 Å². The number of nitrogens with one attached hydrogen (secondary N) is 3. The van der Waals surface area contributed by atoms with Crippen molar-refractivity contribution in [3.63, 3.8) is 0 Å². The number of pyridine rings is 1. The molecular weight excluding hydrogens is 344 g/mol. The van der Waals surface area contributed by atoms with Crippen LogP contribution in [0.5, 0.6) is 0 Å². The molecule has 0 saturated heterocycles. The van der Waals surface area contributed by atoms with Crippen LogP contribution in [0.25, 0.3) is 16.7 Å². The quantitative estimate of drug-likeness (QED) is 0.519. The second kappa shape index (κ2) is 6.75. The van der Waals surface area contributed by atoms with E-state index in [-0.39, 0.29) is 17.5 Å². The highest BCUT2D eigenvalue weighted by Gasteiger charge is 2.12. The summed E-state index contributed by atoms with van der Waals surface area (Å²) in [7, 11) is 1.57. The summed E-state index contributed by atoms with van der Waals surface area (Å²) in [5.74, 6) is 0.0331. The summed E-state index contributed by atoms with van der Waals surface area (Å²) >= 11 is 0. The highest BCUT2D eigenvalue weighted by molar-refractivity contribution is 6.04. The van der Waals surface area contributed by atoms with Crippen molar-refractivity contribution in [2.75, 3.05) is 12.4 Å². The minimum absolute atomic E-state index is 0.198. The molecular formula is C19H16N6O2. The Balaban J connectivity index is 1.57. The average Bonchev–Trinajstić information content (AvgIpc) is 3.37. The van der Waals surface area contributed by atoms with Crippen LogP contribution in [0.1, 0.15) is 21.0 Å². The van der Waals surface area contributed by atoms with E-state index in [1.165, 1.54) is 0 Å². The van der Waals surface area contributed by atoms with Gasteiger partial charge in [-0.2, -0.15) is 5.10 Å². The molecule has 0 unspecified atom stereocenters. The van der Waals surface area contributed by atoms with Crippen LogP contribution in [0.15, 0.2) is 60.9 Å². The molecule has 0 atom stereocenters. The Labute approximate surface area is 154 Å². The third-order valence-electron chi connectivity index (χ3n) is 4.06. The number of amides is 2. The first-order chi connectivity index (χ1) is 13.1. The van der Waals surface area contributed by atoms with Gasteiger partial charge in [-0.1, -0.05) is 6.07 Å². The van der Waals surface area contributed by atoms with E-state index in [0.29, 0.717) is 17.2 Å². The van der Waals surface area contributed by atoms with Crippen LogP contribution in [-0.2, 0) is 0 Å². The van der Waals surface area contributed by atoms with Crippen LogP contribution < -0.4 is 10.6 Å². The molecule has 8 heteroatoms. The molecule has 4 rings (SSSR count). The van der Waals surface area contributed by atoms with Gasteiger partial charge >= 0.3 is 0 Å². The lowest BCUT2D eigenvalue weighted by atomic mass is 10.2. The van der Waals surface area contributed by atoms with Crippen LogP contribution in [0.4, 0.5) is 5.69 Å². The van der Waals surface area contributed by atoms with Crippen molar-refractivity contribution in [2.45, 2.75) is 0 Å². The fourth-order valence-corrected chi connectivity index (χ4v) is 2.74. The normalized spacial score (nSPS) is 10.7. The minimum Gasteiger partial charge on any atom is -0.354 e. The largest absolute Gasteiger partial charge is 0.354 e. The highest BCUT2D eigenvalue weighted by atomic mass is 16.2. The third-order valence-corrected chi connectivity index (χ3v) is 4.06. The average molecular weight is 360 g/mol. The predicted molar refractivity (Wildman–Crippen MR) is 101 cm³/mol. The van der Waals surface area contributed by atoms with E-state index in [0.717, 1.165) is 10.9 Å². The lowest BCUT2D eigenvalue weighted by Crippen LogP contribution is -2.17. The van der Waals surface area contributed by atoms with E-state index in [2.05, 4.69) is 25.7 Å². The zero-order chi connectivity index (χ0) is 18.8. The van der Waals surface area contributed by atoms with Gasteiger partial charge in [0.15, 0.2) is 5.82 Å². The van der Waals surface area contributed by atoms with Crippen molar-refractivity contribution >= 4 is 28.4 Å². The molecule has 0 aliphatic rings. The molecule has 3 N–H and O–H groups in total. The number of benzene rings is 1. The number of hydrogen-bond acceptors (Lipinski definition) is 4. The van der Waals surface area contributed by atoms with E-state index < -0.39 is 0 Å². The van der Waals surface area contributed by atoms with Crippen LogP contribution in [-0.4, -0.2) is 38.6 Å². The van der Waals surface area contributed by atoms with Gasteiger partial charge in [0.2, 0.25) is 0 Å². The Kier molecular flexibility index (Phi) is 4.13. The molecule has 0 fully saturated rings. The molecule has 0 radical (unpaired) electrons. The highest BCUT2D eigenvalue weighted by Crippen LogP contribution is 2.20. The summed E-state index contributed by atoms with van der Waals surface area (Å²) in [6, 6.07) is 14.1. The number of nitrogens with zero attached hydrogens (tertiary/aromatic N) is 3. The fourth-order valence-electron chi connectivity index (χ4n) is 2.74. The molecule has 0 aliphatic heterocycles. The second-order valence-electron chi connectivity index (χ2n) is 5.85. The van der Waals surface area contributed by atoms with Crippen LogP contribution in [0, 0.1) is 0 Å². The van der Waals surface area contributed by atoms with Crippen molar-refractivity contribution in [3.8, 4) is 5.82 Å². The molecule has 0 bridgehead atoms. The van der Waals surface area contributed by atoms with Gasteiger partial charge in [-0.15, -0.1) is 0 Å². The van der Waals surface area contributed by atoms with Crippen molar-refractivity contribution < 1.29 is 9.59 Å². The number of carbonyl (C=O) groups is 2. The number of H-pyrrole nitrogens is 1. The first-order valence-corrected chi connectivity index (χ1v) is 8.27. The maximum absolute atomic E-state index is 12.6. The second-order valence-corrected chi connectivity index (χ2v) is 5.85. The van der Waals surface area contributed by atoms with Gasteiger partial charge in [0.1, 0.15) is 11.4 Å². The minimum atomic E-state index is -0.328. The standard InChI is InChI=1S/C19H16N6O2/c1-20-18(26)16-11-12-10-13(6-7-14(12)23-16)22-19(27)15-4-2-5-17(24-15)25-9-3-8-21-25/h2-11,23H,1H3,(H,20,26)(H,22,27). The van der Waals surface area contributed by atoms with Gasteiger partial charge in [-0.05, 0) is 42.5 Å². The Bertz CT molecular complexity index is 1130. The monoisotopic (exact) mass is 360 g/mol. The zero-order valence-electron chi connectivity index (χ0n) is 14.4. The van der Waals surface area contributed by atoms with Crippen molar-refractivity contribution in [1.82, 2.24) is 25.1 Å². The Morgan fingerprint density at radius 2 is 1.96 bits per heavy atom. The number of anilines is 1. The predicted octanol–water partition coefficient (Wildman–Crippen LogP) is 2.36. The number of fused-ring (bicyclic) bond motifs is 1. The van der Waals surface area contributed by atoms with Gasteiger partial charge in [-0.25, -0.2) is 9.67 Å². The van der Waals surface area contributed by atoms with Crippen LogP contribution in [0.2, 0.25) is 0 Å². The number of rotatable bonds is 4. The zero-order valence-corrected chi connectivity index (χ0v) is 14.4. The molecule has 8 nitrogen and oxygen atoms in total. The lowest BCUT2D eigenvalue weighted by molar-refractivity contribution is 0.0958. The smallest absolute Gasteiger partial charge is 0.274 e. The van der Waals surface area contributed by atoms with E-state index in [4.69, 9.17) is 0 Å². The Morgan fingerprint density at radius 1 is 1.07 bits per heavy atom. The molecule has 0 spiro atoms. The summed E-state index contributed by atoms with van der Waals surface area (Å²) in [5, 5.41) is 10.3. The molecule has 3 aromatic heterocycles. The number of aromatic nitrogens is 4. The van der Waals surface area contributed by atoms with Crippen molar-refractivity contribution in [1.29, 1.82) is 0 Å². The Hall–Kier alpha value is -3.94. The summed E-state index contributed by atoms with van der Waals surface area (Å²) in [6.07, 6.45) is 3.40. The molecule has 1 aromatic carbocycles. The van der Waals surface area contributed by atoms with Crippen molar-refractivity contribution in [2.24, 2.45) is 0 Å². The summed E-state index contributed by atoms with van der Waals surface area (Å²) in [4.78, 5) is 31.7. The summed E-state index contributed by atoms with van der Waals surface area (Å²) < 4.78 is 1.59. The first kappa shape index (κ1) is 16.5. The SMILES string of the molecule is CNC(=O)c1cc2cc(NC(=O)c3cccc(-n4cccn4)n3)ccc2[nH]1. The maximum atomic E-state index is 12.6. The van der Waals surface area contributed by atoms with E-state index in [1.54, 1.807) is 66.6 Å². The Morgan fingerprint density at radius 3 is 2.74 bits per heavy atom. The van der Waals surface area contributed by atoms with Gasteiger partial charge in [0, 0.05) is 36.0 Å². The maximum Gasteiger partial charge on any atom is 0.274 e. The molecule has 134 valence electrons. The van der Waals surface area contributed by atoms with Gasteiger partial charge < -0.3 is 15.6 Å². The van der Waals surface area contributed by atoms with Crippen LogP contribution >= 0.6 is 0 Å². The lowest BCUT2D eigenvalue weighted by Gasteiger charge is -2.06. The third kappa shape index (κ3) is 3.28. The number of hydrogen-bond donors (Lipinski definition) is 3. The van der Waals surface area contributed by atoms with E-state index >= 15 is 0 Å². The molecule has 0 saturated carbocycles. The fraction of sp³-hybridized carbons (Fsp3) is 0.0526. The molecule has 0 aliphatic carbocycles. The molecule has 27 heavy (non-hydrogen) atoms. The van der Waals surface area contributed by atoms with Gasteiger partial charge in [0.25, 0.3) is 11.8 Å². The molecule has 2 amide bonds. The van der Waals surface area contributed by atoms with Gasteiger partial charge in [-0.3, -0.25) is 9.59 Å². The molecule has 4 aromatic rings. The summed E-state index contributed by atoms with van der Waals surface area (Å²) in [6.45, 7) is 0. The number of aromatic amines is 1. The first-order valence-electron chi connectivity index (χ1n) is 8.27. The van der Waals surface area contributed by atoms with E-state index in [1.807, 2.05) is 6.07 Å². The van der Waals surface area contributed by atoms with E-state index in [9.17, 15) is 9.59 Å².